The normalized spacial score (nSPS) is 20.9. The molecule has 41 heavy (non-hydrogen) atoms. The van der Waals surface area contributed by atoms with Crippen LogP contribution in [0, 0.1) is 5.92 Å². The lowest BCUT2D eigenvalue weighted by molar-refractivity contribution is -0.134. The lowest BCUT2D eigenvalue weighted by atomic mass is 9.81. The van der Waals surface area contributed by atoms with Gasteiger partial charge in [0.15, 0.2) is 5.01 Å². The number of likely N-dealkylation sites (N-methyl/N-ethyl adjacent to an activating group) is 1. The van der Waals surface area contributed by atoms with Crippen LogP contribution in [0.3, 0.4) is 0 Å². The number of fused-ring (bicyclic) bond motifs is 1. The highest BCUT2D eigenvalue weighted by atomic mass is 35.5. The molecule has 1 aromatic heterocycles. The van der Waals surface area contributed by atoms with Crippen LogP contribution in [0.1, 0.15) is 46.6 Å². The Morgan fingerprint density at radius 2 is 1.85 bits per heavy atom. The molecule has 3 unspecified atom stereocenters. The number of carbonyl (C=O) groups excluding carboxylic acids is 4. The summed E-state index contributed by atoms with van der Waals surface area (Å²) in [7, 11) is 5.44. The number of benzene rings is 1. The number of hydrogen-bond acceptors (Lipinski definition) is 8. The Bertz CT molecular complexity index is 1330. The molecule has 2 heterocycles. The molecule has 3 atom stereocenters. The minimum absolute atomic E-state index is 0.0310. The zero-order valence-electron chi connectivity index (χ0n) is 23.5. The van der Waals surface area contributed by atoms with Crippen LogP contribution in [0.4, 0.5) is 5.69 Å². The number of halogens is 1. The molecule has 1 fully saturated rings. The van der Waals surface area contributed by atoms with Gasteiger partial charge in [0.2, 0.25) is 17.6 Å². The van der Waals surface area contributed by atoms with E-state index >= 15 is 0 Å². The molecule has 0 spiro atoms. The van der Waals surface area contributed by atoms with Crippen molar-refractivity contribution in [3.8, 4) is 0 Å². The second-order valence-corrected chi connectivity index (χ2v) is 12.0. The Kier molecular flexibility index (Phi) is 9.94. The Balaban J connectivity index is 1.58. The molecule has 220 valence electrons. The Hall–Kier alpha value is -3.55. The first-order valence-corrected chi connectivity index (χ1v) is 14.6. The van der Waals surface area contributed by atoms with Gasteiger partial charge >= 0.3 is 0 Å². The Labute approximate surface area is 247 Å². The van der Waals surface area contributed by atoms with E-state index in [1.807, 2.05) is 7.05 Å². The summed E-state index contributed by atoms with van der Waals surface area (Å²) in [5.41, 5.74) is 6.43. The van der Waals surface area contributed by atoms with E-state index in [2.05, 4.69) is 36.4 Å². The van der Waals surface area contributed by atoms with Gasteiger partial charge in [-0.15, -0.1) is 11.3 Å². The number of anilines is 1. The molecule has 1 saturated carbocycles. The monoisotopic (exact) mass is 602 g/mol. The van der Waals surface area contributed by atoms with Crippen molar-refractivity contribution >= 4 is 58.1 Å². The first-order chi connectivity index (χ1) is 19.5. The number of amides is 4. The number of aromatic nitrogens is 1. The number of thiazole rings is 1. The summed E-state index contributed by atoms with van der Waals surface area (Å²) in [6.45, 7) is 2.93. The second-order valence-electron chi connectivity index (χ2n) is 10.5. The van der Waals surface area contributed by atoms with Crippen LogP contribution < -0.4 is 21.5 Å². The summed E-state index contributed by atoms with van der Waals surface area (Å²) in [6.07, 6.45) is 2.10. The van der Waals surface area contributed by atoms with Crippen molar-refractivity contribution in [2.75, 3.05) is 33.0 Å². The summed E-state index contributed by atoms with van der Waals surface area (Å²) in [6, 6.07) is 5.46. The maximum absolute atomic E-state index is 13.4. The second kappa shape index (κ2) is 13.4. The highest BCUT2D eigenvalue weighted by Crippen LogP contribution is 2.30. The van der Waals surface area contributed by atoms with E-state index in [1.54, 1.807) is 43.3 Å². The van der Waals surface area contributed by atoms with Crippen molar-refractivity contribution in [2.24, 2.45) is 10.9 Å². The van der Waals surface area contributed by atoms with E-state index in [0.717, 1.165) is 30.1 Å². The molecule has 4 amide bonds. The van der Waals surface area contributed by atoms with Crippen LogP contribution in [0.15, 0.2) is 29.3 Å². The minimum atomic E-state index is -0.589. The van der Waals surface area contributed by atoms with Crippen molar-refractivity contribution in [1.29, 1.82) is 0 Å². The fraction of sp³-hybridized carbons (Fsp3) is 0.481. The zero-order chi connectivity index (χ0) is 29.7. The van der Waals surface area contributed by atoms with E-state index in [9.17, 15) is 19.2 Å². The topological polar surface area (TPSA) is 148 Å². The maximum atomic E-state index is 13.4. The summed E-state index contributed by atoms with van der Waals surface area (Å²) < 4.78 is 0. The molecule has 0 radical (unpaired) electrons. The van der Waals surface area contributed by atoms with Crippen molar-refractivity contribution in [3.05, 3.63) is 44.9 Å². The number of hydrogen-bond donors (Lipinski definition) is 4. The fourth-order valence-corrected chi connectivity index (χ4v) is 6.11. The first-order valence-electron chi connectivity index (χ1n) is 13.4. The fourth-order valence-electron chi connectivity index (χ4n) is 4.89. The van der Waals surface area contributed by atoms with Crippen molar-refractivity contribution < 1.29 is 19.2 Å². The summed E-state index contributed by atoms with van der Waals surface area (Å²) in [5, 5.41) is 6.67. The van der Waals surface area contributed by atoms with Gasteiger partial charge in [0.25, 0.3) is 11.8 Å². The van der Waals surface area contributed by atoms with Crippen LogP contribution in [0.2, 0.25) is 5.02 Å². The smallest absolute Gasteiger partial charge is 0.292 e. The molecule has 1 aliphatic heterocycles. The number of nitrogens with zero attached hydrogens (tertiary/aromatic N) is 4. The largest absolute Gasteiger partial charge is 0.349 e. The standard InChI is InChI=1S/C27H35ClN8O4S/c1-15(37)33-34-23(24(38)29-18-8-6-17(28)7-9-18)30-19-10-5-16(27(40)35(2)3)13-21(19)31-25(39)26-32-20-11-12-36(4)14-22(20)41-26/h6-9,16,19,21H,5,10-14H2,1-4H3,(H,29,38)(H,30,34)(H,31,39)(H,33,37). The van der Waals surface area contributed by atoms with Crippen LogP contribution in [0.5, 0.6) is 0 Å². The van der Waals surface area contributed by atoms with Gasteiger partial charge in [-0.2, -0.15) is 0 Å². The van der Waals surface area contributed by atoms with E-state index in [-0.39, 0.29) is 23.6 Å². The van der Waals surface area contributed by atoms with Crippen molar-refractivity contribution in [2.45, 2.75) is 51.2 Å². The van der Waals surface area contributed by atoms with Crippen LogP contribution >= 0.6 is 22.9 Å². The third kappa shape index (κ3) is 8.02. The highest BCUT2D eigenvalue weighted by Gasteiger charge is 2.37. The molecule has 4 rings (SSSR count). The number of amidine groups is 1. The first kappa shape index (κ1) is 30.4. The highest BCUT2D eigenvalue weighted by molar-refractivity contribution is 7.13. The van der Waals surface area contributed by atoms with Gasteiger partial charge in [0.05, 0.1) is 17.8 Å². The average molecular weight is 603 g/mol. The third-order valence-corrected chi connectivity index (χ3v) is 8.34. The number of aliphatic imine (C=N–C) groups is 1. The van der Waals surface area contributed by atoms with Gasteiger partial charge in [0, 0.05) is 62.0 Å². The minimum Gasteiger partial charge on any atom is -0.349 e. The van der Waals surface area contributed by atoms with Crippen LogP contribution in [-0.2, 0) is 27.3 Å². The van der Waals surface area contributed by atoms with E-state index in [1.165, 1.54) is 18.3 Å². The molecule has 1 aromatic carbocycles. The summed E-state index contributed by atoms with van der Waals surface area (Å²) >= 11 is 7.32. The SMILES string of the molecule is CC(=O)NNC(=NC1CCC(C(=O)N(C)C)CC1NC(=O)c1nc2c(s1)CN(C)CC2)C(=O)Nc1ccc(Cl)cc1. The summed E-state index contributed by atoms with van der Waals surface area (Å²) in [4.78, 5) is 65.1. The molecular weight excluding hydrogens is 568 g/mol. The maximum Gasteiger partial charge on any atom is 0.292 e. The molecule has 0 bridgehead atoms. The zero-order valence-corrected chi connectivity index (χ0v) is 25.1. The molecule has 2 aromatic rings. The van der Waals surface area contributed by atoms with Crippen LogP contribution in [0.25, 0.3) is 0 Å². The van der Waals surface area contributed by atoms with Gasteiger partial charge < -0.3 is 20.4 Å². The Morgan fingerprint density at radius 1 is 1.12 bits per heavy atom. The van der Waals surface area contributed by atoms with Gasteiger partial charge in [-0.1, -0.05) is 11.6 Å². The summed E-state index contributed by atoms with van der Waals surface area (Å²) in [5.74, 6) is -1.82. The third-order valence-electron chi connectivity index (χ3n) is 7.01. The van der Waals surface area contributed by atoms with Gasteiger partial charge in [-0.25, -0.2) is 4.98 Å². The van der Waals surface area contributed by atoms with Gasteiger partial charge in [0.1, 0.15) is 0 Å². The molecule has 4 N–H and O–H groups in total. The van der Waals surface area contributed by atoms with Crippen LogP contribution in [-0.4, -0.2) is 84.0 Å². The molecule has 2 aliphatic rings. The van der Waals surface area contributed by atoms with E-state index in [0.29, 0.717) is 35.0 Å². The molecular formula is C27H35ClN8O4S. The predicted octanol–water partition coefficient (Wildman–Crippen LogP) is 1.82. The Morgan fingerprint density at radius 3 is 2.54 bits per heavy atom. The number of rotatable bonds is 5. The van der Waals surface area contributed by atoms with Gasteiger partial charge in [-0.3, -0.25) is 35.0 Å². The number of nitrogens with one attached hydrogen (secondary N) is 4. The quantitative estimate of drug-likeness (QED) is 0.232. The van der Waals surface area contributed by atoms with Crippen molar-refractivity contribution in [1.82, 2.24) is 31.0 Å². The van der Waals surface area contributed by atoms with E-state index < -0.39 is 23.9 Å². The lowest BCUT2D eigenvalue weighted by Gasteiger charge is -2.35. The van der Waals surface area contributed by atoms with Gasteiger partial charge in [-0.05, 0) is 50.6 Å². The molecule has 0 saturated heterocycles. The van der Waals surface area contributed by atoms with E-state index in [4.69, 9.17) is 11.6 Å². The number of carbonyl (C=O) groups is 4. The molecule has 12 nitrogen and oxygen atoms in total. The number of hydrazine groups is 1. The lowest BCUT2D eigenvalue weighted by Crippen LogP contribution is -2.51. The average Bonchev–Trinajstić information content (AvgIpc) is 3.35. The molecule has 14 heteroatoms. The molecule has 1 aliphatic carbocycles. The predicted molar refractivity (Wildman–Crippen MR) is 158 cm³/mol. The van der Waals surface area contributed by atoms with Crippen molar-refractivity contribution in [3.63, 3.8) is 0 Å².